The summed E-state index contributed by atoms with van der Waals surface area (Å²) in [6, 6.07) is 7.62. The molecular formula is C13H17Cl2NO. The van der Waals surface area contributed by atoms with Crippen molar-refractivity contribution in [2.75, 3.05) is 7.05 Å². The molecule has 0 aliphatic heterocycles. The molecule has 1 saturated carbocycles. The topological polar surface area (TPSA) is 29.1 Å². The van der Waals surface area contributed by atoms with E-state index in [1.165, 1.54) is 0 Å². The second-order valence-electron chi connectivity index (χ2n) is 4.27. The maximum Gasteiger partial charge on any atom is 0.157 e. The van der Waals surface area contributed by atoms with Gasteiger partial charge in [0.25, 0.3) is 0 Å². The molecule has 2 nitrogen and oxygen atoms in total. The van der Waals surface area contributed by atoms with Crippen molar-refractivity contribution in [3.05, 3.63) is 34.9 Å². The van der Waals surface area contributed by atoms with E-state index in [0.717, 1.165) is 24.8 Å². The average Bonchev–Trinajstić information content (AvgIpc) is 2.31. The third kappa shape index (κ3) is 2.49. The Morgan fingerprint density at radius 1 is 1.29 bits per heavy atom. The smallest absolute Gasteiger partial charge is 0.157 e. The van der Waals surface area contributed by atoms with E-state index < -0.39 is 5.54 Å². The predicted octanol–water partition coefficient (Wildman–Crippen LogP) is 3.32. The zero-order valence-corrected chi connectivity index (χ0v) is 11.4. The molecule has 1 atom stereocenters. The van der Waals surface area contributed by atoms with Crippen LogP contribution in [0.2, 0.25) is 5.02 Å². The van der Waals surface area contributed by atoms with Gasteiger partial charge in [0.05, 0.1) is 0 Å². The molecule has 1 aliphatic rings. The van der Waals surface area contributed by atoms with Crippen molar-refractivity contribution in [2.24, 2.45) is 0 Å². The van der Waals surface area contributed by atoms with Crippen molar-refractivity contribution in [1.29, 1.82) is 0 Å². The number of Topliss-reactive ketones (excluding diaryl/α,β-unsaturated/α-hetero) is 1. The number of benzene rings is 1. The fourth-order valence-corrected chi connectivity index (χ4v) is 2.82. The number of carbonyl (C=O) groups is 1. The Labute approximate surface area is 113 Å². The van der Waals surface area contributed by atoms with E-state index in [1.807, 2.05) is 31.3 Å². The van der Waals surface area contributed by atoms with Crippen molar-refractivity contribution in [1.82, 2.24) is 5.32 Å². The van der Waals surface area contributed by atoms with Crippen LogP contribution < -0.4 is 5.32 Å². The van der Waals surface area contributed by atoms with E-state index in [0.29, 0.717) is 11.4 Å². The molecule has 17 heavy (non-hydrogen) atoms. The summed E-state index contributed by atoms with van der Waals surface area (Å²) in [5.74, 6) is 0.259. The van der Waals surface area contributed by atoms with E-state index in [9.17, 15) is 4.79 Å². The van der Waals surface area contributed by atoms with Crippen molar-refractivity contribution in [2.45, 2.75) is 31.2 Å². The second kappa shape index (κ2) is 5.85. The Bertz CT molecular complexity index is 408. The van der Waals surface area contributed by atoms with Crippen LogP contribution in [0.3, 0.4) is 0 Å². The normalized spacial score (nSPS) is 24.2. The first kappa shape index (κ1) is 14.5. The largest absolute Gasteiger partial charge is 0.304 e. The Morgan fingerprint density at radius 2 is 2.00 bits per heavy atom. The molecule has 1 N–H and O–H groups in total. The molecule has 1 unspecified atom stereocenters. The van der Waals surface area contributed by atoms with E-state index in [2.05, 4.69) is 5.32 Å². The monoisotopic (exact) mass is 279 g/mol. The standard InChI is InChI=1S/C13H16ClNO.ClH/c1-15-13(9-5-4-8-12(13)16)10-6-2-3-7-11(10)14;/h2-3,6-7,15H,4-5,8-9H2,1H3;1H/i2+1,3+1,6+1,7+1,10+1,11+1;. The van der Waals surface area contributed by atoms with Crippen LogP contribution in [0.15, 0.2) is 24.3 Å². The van der Waals surface area contributed by atoms with Crippen molar-refractivity contribution < 1.29 is 4.79 Å². The molecule has 1 aromatic rings. The Hall–Kier alpha value is -0.570. The molecule has 1 fully saturated rings. The molecular weight excluding hydrogens is 263 g/mol. The van der Waals surface area contributed by atoms with Gasteiger partial charge in [-0.3, -0.25) is 4.79 Å². The van der Waals surface area contributed by atoms with Crippen LogP contribution in [0.1, 0.15) is 31.2 Å². The second-order valence-corrected chi connectivity index (χ2v) is 4.67. The van der Waals surface area contributed by atoms with Crippen LogP contribution in [-0.2, 0) is 10.3 Å². The lowest BCUT2D eigenvalue weighted by atomic mass is 9.85. The quantitative estimate of drug-likeness (QED) is 0.900. The number of carbonyl (C=O) groups excluding carboxylic acids is 1. The summed E-state index contributed by atoms with van der Waals surface area (Å²) in [5.41, 5.74) is 0.361. The summed E-state index contributed by atoms with van der Waals surface area (Å²) < 4.78 is 0. The summed E-state index contributed by atoms with van der Waals surface area (Å²) in [7, 11) is 1.84. The lowest BCUT2D eigenvalue weighted by molar-refractivity contribution is -0.127. The van der Waals surface area contributed by atoms with Gasteiger partial charge >= 0.3 is 0 Å². The van der Waals surface area contributed by atoms with Gasteiger partial charge in [0, 0.05) is 11.4 Å². The van der Waals surface area contributed by atoms with Crippen LogP contribution in [0, 0.1) is 0 Å². The molecule has 4 heteroatoms. The lowest BCUT2D eigenvalue weighted by Gasteiger charge is -2.36. The van der Waals surface area contributed by atoms with Crippen molar-refractivity contribution in [3.8, 4) is 0 Å². The summed E-state index contributed by atoms with van der Waals surface area (Å²) in [6.07, 6.45) is 3.54. The van der Waals surface area contributed by atoms with E-state index in [-0.39, 0.29) is 18.2 Å². The molecule has 0 saturated heterocycles. The van der Waals surface area contributed by atoms with E-state index in [1.54, 1.807) is 0 Å². The Morgan fingerprint density at radius 3 is 2.59 bits per heavy atom. The van der Waals surface area contributed by atoms with Crippen LogP contribution in [0.5, 0.6) is 0 Å². The number of hydrogen-bond donors (Lipinski definition) is 1. The molecule has 1 aromatic carbocycles. The molecule has 0 heterocycles. The lowest BCUT2D eigenvalue weighted by Crippen LogP contribution is -2.49. The van der Waals surface area contributed by atoms with Crippen LogP contribution in [0.4, 0.5) is 0 Å². The minimum absolute atomic E-state index is 0. The zero-order valence-electron chi connectivity index (χ0n) is 9.83. The fourth-order valence-electron chi connectivity index (χ4n) is 2.52. The molecule has 1 aliphatic carbocycles. The third-order valence-corrected chi connectivity index (χ3v) is 3.77. The summed E-state index contributed by atoms with van der Waals surface area (Å²) >= 11 is 6.20. The zero-order chi connectivity index (χ0) is 11.6. The third-order valence-electron chi connectivity index (χ3n) is 3.44. The highest BCUT2D eigenvalue weighted by molar-refractivity contribution is 6.31. The van der Waals surface area contributed by atoms with Gasteiger partial charge in [-0.2, -0.15) is 0 Å². The van der Waals surface area contributed by atoms with Crippen LogP contribution in [0.25, 0.3) is 0 Å². The number of ketones is 1. The van der Waals surface area contributed by atoms with Crippen molar-refractivity contribution >= 4 is 29.8 Å². The van der Waals surface area contributed by atoms with Crippen LogP contribution in [-0.4, -0.2) is 12.8 Å². The highest BCUT2D eigenvalue weighted by Gasteiger charge is 2.40. The minimum atomic E-state index is -0.559. The Balaban J connectivity index is 0.00000144. The summed E-state index contributed by atoms with van der Waals surface area (Å²) in [4.78, 5) is 12.2. The molecule has 2 rings (SSSR count). The summed E-state index contributed by atoms with van der Waals surface area (Å²) in [5, 5.41) is 3.86. The number of likely N-dealkylation sites (N-methyl/N-ethyl adjacent to an activating group) is 1. The predicted molar refractivity (Wildman–Crippen MR) is 72.9 cm³/mol. The van der Waals surface area contributed by atoms with Gasteiger partial charge in [0.15, 0.2) is 5.78 Å². The SMILES string of the molecule is CNC1([13c]2[13cH][13cH][13cH][13cH][13c]2Cl)CCCCC1=O.Cl. The van der Waals surface area contributed by atoms with Gasteiger partial charge in [0.2, 0.25) is 0 Å². The Kier molecular flexibility index (Phi) is 4.99. The number of halogens is 2. The molecule has 0 amide bonds. The molecule has 0 aromatic heterocycles. The number of nitrogens with one attached hydrogen (secondary N) is 1. The molecule has 0 spiro atoms. The minimum Gasteiger partial charge on any atom is -0.304 e. The van der Waals surface area contributed by atoms with Gasteiger partial charge in [-0.1, -0.05) is 36.2 Å². The maximum absolute atomic E-state index is 12.2. The highest BCUT2D eigenvalue weighted by Crippen LogP contribution is 2.37. The van der Waals surface area contributed by atoms with Gasteiger partial charge in [-0.25, -0.2) is 0 Å². The van der Waals surface area contributed by atoms with E-state index in [4.69, 9.17) is 11.6 Å². The van der Waals surface area contributed by atoms with E-state index >= 15 is 0 Å². The molecule has 94 valence electrons. The highest BCUT2D eigenvalue weighted by atomic mass is 35.5. The first-order valence-corrected chi connectivity index (χ1v) is 6.06. The van der Waals surface area contributed by atoms with Gasteiger partial charge in [-0.05, 0) is 31.5 Å². The van der Waals surface area contributed by atoms with Gasteiger partial charge in [0.1, 0.15) is 5.54 Å². The number of rotatable bonds is 2. The first-order valence-electron chi connectivity index (χ1n) is 5.68. The van der Waals surface area contributed by atoms with Gasteiger partial charge in [-0.15, -0.1) is 12.4 Å². The number of hydrogen-bond acceptors (Lipinski definition) is 2. The molecule has 0 bridgehead atoms. The average molecular weight is 280 g/mol. The van der Waals surface area contributed by atoms with Crippen molar-refractivity contribution in [3.63, 3.8) is 0 Å². The maximum atomic E-state index is 12.2. The van der Waals surface area contributed by atoms with Gasteiger partial charge < -0.3 is 5.32 Å². The first-order chi connectivity index (χ1) is 7.70. The van der Waals surface area contributed by atoms with Crippen LogP contribution >= 0.6 is 24.0 Å². The molecule has 0 radical (unpaired) electrons. The summed E-state index contributed by atoms with van der Waals surface area (Å²) in [6.45, 7) is 0. The fraction of sp³-hybridized carbons (Fsp3) is 0.462.